The van der Waals surface area contributed by atoms with E-state index in [-0.39, 0.29) is 6.29 Å². The predicted molar refractivity (Wildman–Crippen MR) is 143 cm³/mol. The highest BCUT2D eigenvalue weighted by Crippen LogP contribution is 2.18. The number of allylic oxidation sites excluding steroid dienone is 8. The van der Waals surface area contributed by atoms with E-state index in [0.29, 0.717) is 19.1 Å². The zero-order valence-corrected chi connectivity index (χ0v) is 22.7. The number of hydrogen-bond donors (Lipinski definition) is 0. The van der Waals surface area contributed by atoms with Crippen molar-refractivity contribution in [3.63, 3.8) is 0 Å². The number of hydrogen-bond acceptors (Lipinski definition) is 2. The van der Waals surface area contributed by atoms with Gasteiger partial charge < -0.3 is 9.47 Å². The molecule has 0 rings (SSSR count). The molecule has 2 nitrogen and oxygen atoms in total. The van der Waals surface area contributed by atoms with Crippen LogP contribution in [0.25, 0.3) is 0 Å². The molecule has 0 radical (unpaired) electrons. The van der Waals surface area contributed by atoms with Gasteiger partial charge in [-0.25, -0.2) is 0 Å². The quantitative estimate of drug-likeness (QED) is 0.164. The first kappa shape index (κ1) is 30.6. The van der Waals surface area contributed by atoms with E-state index in [1.165, 1.54) is 34.3 Å². The molecule has 0 bridgehead atoms. The monoisotopic (exact) mass is 444 g/mol. The van der Waals surface area contributed by atoms with Gasteiger partial charge in [0, 0.05) is 6.42 Å². The van der Waals surface area contributed by atoms with Crippen LogP contribution >= 0.6 is 0 Å². The number of rotatable bonds is 17. The maximum absolute atomic E-state index is 6.16. The van der Waals surface area contributed by atoms with Crippen LogP contribution in [-0.2, 0) is 9.47 Å². The fourth-order valence-corrected chi connectivity index (χ4v) is 3.26. The average molecular weight is 445 g/mol. The van der Waals surface area contributed by atoms with Crippen molar-refractivity contribution in [2.24, 2.45) is 5.92 Å². The van der Waals surface area contributed by atoms with Crippen LogP contribution in [-0.4, -0.2) is 19.5 Å². The van der Waals surface area contributed by atoms with Gasteiger partial charge in [-0.1, -0.05) is 65.2 Å². The molecule has 0 saturated heterocycles. The smallest absolute Gasteiger partial charge is 0.158 e. The molecule has 0 unspecified atom stereocenters. The third-order valence-corrected chi connectivity index (χ3v) is 5.42. The molecule has 0 aromatic rings. The summed E-state index contributed by atoms with van der Waals surface area (Å²) in [7, 11) is 0. The van der Waals surface area contributed by atoms with E-state index in [0.717, 1.165) is 38.5 Å². The SMILES string of the molecule is CC(C)=CCC/C(C)=C\COC(C[C@H](C)CCC=C(C)C)OC/C=C(/C)CCC=C(C)C. The minimum Gasteiger partial charge on any atom is -0.349 e. The van der Waals surface area contributed by atoms with Gasteiger partial charge in [0.05, 0.1) is 13.2 Å². The van der Waals surface area contributed by atoms with E-state index in [1.54, 1.807) is 0 Å². The largest absolute Gasteiger partial charge is 0.349 e. The Morgan fingerprint density at radius 1 is 0.594 bits per heavy atom. The van der Waals surface area contributed by atoms with E-state index in [1.807, 2.05) is 0 Å². The van der Waals surface area contributed by atoms with Crippen LogP contribution in [0, 0.1) is 5.92 Å². The lowest BCUT2D eigenvalue weighted by Gasteiger charge is -2.21. The van der Waals surface area contributed by atoms with Crippen molar-refractivity contribution in [3.05, 3.63) is 58.2 Å². The summed E-state index contributed by atoms with van der Waals surface area (Å²) in [5, 5.41) is 0. The minimum absolute atomic E-state index is 0.152. The molecule has 184 valence electrons. The van der Waals surface area contributed by atoms with Crippen LogP contribution in [0.1, 0.15) is 107 Å². The first-order valence-electron chi connectivity index (χ1n) is 12.5. The van der Waals surface area contributed by atoms with Gasteiger partial charge in [0.15, 0.2) is 6.29 Å². The van der Waals surface area contributed by atoms with Crippen molar-refractivity contribution >= 4 is 0 Å². The molecular weight excluding hydrogens is 392 g/mol. The first-order valence-corrected chi connectivity index (χ1v) is 12.5. The van der Waals surface area contributed by atoms with Crippen molar-refractivity contribution in [3.8, 4) is 0 Å². The molecule has 0 spiro atoms. The third kappa shape index (κ3) is 20.5. The first-order chi connectivity index (χ1) is 15.1. The molecular formula is C30H52O2. The van der Waals surface area contributed by atoms with Gasteiger partial charge in [0.25, 0.3) is 0 Å². The van der Waals surface area contributed by atoms with Gasteiger partial charge >= 0.3 is 0 Å². The summed E-state index contributed by atoms with van der Waals surface area (Å²) in [6.45, 7) is 20.9. The van der Waals surface area contributed by atoms with Crippen LogP contribution in [0.5, 0.6) is 0 Å². The summed E-state index contributed by atoms with van der Waals surface area (Å²) < 4.78 is 12.3. The van der Waals surface area contributed by atoms with Gasteiger partial charge in [-0.15, -0.1) is 0 Å². The Morgan fingerprint density at radius 3 is 1.41 bits per heavy atom. The zero-order chi connectivity index (χ0) is 24.4. The van der Waals surface area contributed by atoms with Gasteiger partial charge in [0.2, 0.25) is 0 Å². The highest BCUT2D eigenvalue weighted by molar-refractivity contribution is 5.03. The Balaban J connectivity index is 4.72. The summed E-state index contributed by atoms with van der Waals surface area (Å²) >= 11 is 0. The molecule has 1 atom stereocenters. The van der Waals surface area contributed by atoms with Crippen LogP contribution < -0.4 is 0 Å². The Labute approximate surface area is 200 Å². The lowest BCUT2D eigenvalue weighted by Crippen LogP contribution is -2.21. The molecule has 0 N–H and O–H groups in total. The molecule has 0 aliphatic carbocycles. The maximum Gasteiger partial charge on any atom is 0.158 e. The molecule has 0 amide bonds. The Morgan fingerprint density at radius 2 is 1.00 bits per heavy atom. The van der Waals surface area contributed by atoms with Crippen molar-refractivity contribution in [2.75, 3.05) is 13.2 Å². The molecule has 0 aliphatic rings. The van der Waals surface area contributed by atoms with E-state index >= 15 is 0 Å². The maximum atomic E-state index is 6.16. The fourth-order valence-electron chi connectivity index (χ4n) is 3.26. The van der Waals surface area contributed by atoms with Crippen molar-refractivity contribution in [2.45, 2.75) is 114 Å². The van der Waals surface area contributed by atoms with Crippen molar-refractivity contribution < 1.29 is 9.47 Å². The average Bonchev–Trinajstić information content (AvgIpc) is 2.66. The van der Waals surface area contributed by atoms with Gasteiger partial charge in [-0.3, -0.25) is 0 Å². The topological polar surface area (TPSA) is 18.5 Å². The second-order valence-corrected chi connectivity index (χ2v) is 10.0. The second-order valence-electron chi connectivity index (χ2n) is 10.0. The Hall–Kier alpha value is -1.38. The highest BCUT2D eigenvalue weighted by Gasteiger charge is 2.13. The number of ether oxygens (including phenoxy) is 2. The molecule has 32 heavy (non-hydrogen) atoms. The summed E-state index contributed by atoms with van der Waals surface area (Å²) in [5.41, 5.74) is 6.92. The molecule has 0 aliphatic heterocycles. The Kier molecular flexibility index (Phi) is 18.3. The zero-order valence-electron chi connectivity index (χ0n) is 22.7. The highest BCUT2D eigenvalue weighted by atomic mass is 16.7. The lowest BCUT2D eigenvalue weighted by molar-refractivity contribution is -0.137. The Bertz CT molecular complexity index is 592. The van der Waals surface area contributed by atoms with E-state index < -0.39 is 0 Å². The summed E-state index contributed by atoms with van der Waals surface area (Å²) in [5.74, 6) is 0.570. The van der Waals surface area contributed by atoms with Crippen LogP contribution in [0.4, 0.5) is 0 Å². The summed E-state index contributed by atoms with van der Waals surface area (Å²) in [4.78, 5) is 0. The molecule has 0 aromatic heterocycles. The standard InChI is InChI=1S/C30H52O2/c1-24(2)13-10-16-27(7)19-21-31-30(23-29(9)18-12-15-26(5)6)32-22-20-28(8)17-11-14-25(3)4/h13-15,19-20,29-30H,10-12,16-18,21-23H2,1-9H3/b27-19-,28-20-/t29-/m1/s1. The third-order valence-electron chi connectivity index (χ3n) is 5.42. The molecule has 0 fully saturated rings. The molecule has 2 heteroatoms. The van der Waals surface area contributed by atoms with Crippen LogP contribution in [0.15, 0.2) is 58.2 Å². The lowest BCUT2D eigenvalue weighted by atomic mass is 10.0. The van der Waals surface area contributed by atoms with Gasteiger partial charge in [0.1, 0.15) is 0 Å². The van der Waals surface area contributed by atoms with Gasteiger partial charge in [-0.05, 0) is 99.8 Å². The molecule has 0 aromatic carbocycles. The minimum atomic E-state index is -0.152. The van der Waals surface area contributed by atoms with Crippen LogP contribution in [0.3, 0.4) is 0 Å². The van der Waals surface area contributed by atoms with Crippen molar-refractivity contribution in [1.82, 2.24) is 0 Å². The van der Waals surface area contributed by atoms with E-state index in [4.69, 9.17) is 9.47 Å². The fraction of sp³-hybridized carbons (Fsp3) is 0.667. The van der Waals surface area contributed by atoms with Crippen LogP contribution in [0.2, 0.25) is 0 Å². The summed E-state index contributed by atoms with van der Waals surface area (Å²) in [6, 6.07) is 0. The second kappa shape index (κ2) is 19.1. The van der Waals surface area contributed by atoms with E-state index in [9.17, 15) is 0 Å². The molecule has 0 heterocycles. The summed E-state index contributed by atoms with van der Waals surface area (Å²) in [6.07, 6.45) is 18.8. The predicted octanol–water partition coefficient (Wildman–Crippen LogP) is 9.50. The normalized spacial score (nSPS) is 14.0. The van der Waals surface area contributed by atoms with Crippen molar-refractivity contribution in [1.29, 1.82) is 0 Å². The molecule has 0 saturated carbocycles. The van der Waals surface area contributed by atoms with Gasteiger partial charge in [-0.2, -0.15) is 0 Å². The van der Waals surface area contributed by atoms with E-state index in [2.05, 4.69) is 92.7 Å².